The van der Waals surface area contributed by atoms with Crippen LogP contribution >= 0.6 is 11.6 Å². The van der Waals surface area contributed by atoms with E-state index in [0.717, 1.165) is 22.2 Å². The smallest absolute Gasteiger partial charge is 0.182 e. The number of oxazole rings is 1. The summed E-state index contributed by atoms with van der Waals surface area (Å²) < 4.78 is 5.39. The number of fused-ring (bicyclic) bond motifs is 1. The molecule has 0 spiro atoms. The second-order valence-electron chi connectivity index (χ2n) is 3.49. The van der Waals surface area contributed by atoms with Gasteiger partial charge in [0.2, 0.25) is 0 Å². The summed E-state index contributed by atoms with van der Waals surface area (Å²) in [6, 6.07) is 13.5. The van der Waals surface area contributed by atoms with Crippen LogP contribution in [0.4, 0.5) is 0 Å². The molecule has 0 fully saturated rings. The Morgan fingerprint density at radius 1 is 0.938 bits per heavy atom. The van der Waals surface area contributed by atoms with Crippen molar-refractivity contribution in [3.05, 3.63) is 53.9 Å². The van der Waals surface area contributed by atoms with E-state index in [0.29, 0.717) is 5.02 Å². The van der Waals surface area contributed by atoms with Crippen molar-refractivity contribution in [1.82, 2.24) is 4.98 Å². The minimum atomic E-state index is 0.714. The highest BCUT2D eigenvalue weighted by Crippen LogP contribution is 2.32. The molecule has 3 aromatic rings. The van der Waals surface area contributed by atoms with Crippen LogP contribution in [0.1, 0.15) is 0 Å². The maximum absolute atomic E-state index is 6.16. The molecule has 16 heavy (non-hydrogen) atoms. The van der Waals surface area contributed by atoms with Gasteiger partial charge in [-0.2, -0.15) is 0 Å². The number of halogens is 1. The van der Waals surface area contributed by atoms with Gasteiger partial charge in [-0.05, 0) is 12.1 Å². The van der Waals surface area contributed by atoms with Crippen LogP contribution in [0.5, 0.6) is 0 Å². The molecule has 0 aliphatic carbocycles. The fraction of sp³-hybridized carbons (Fsp3) is 0. The number of para-hydroxylation sites is 1. The predicted molar refractivity (Wildman–Crippen MR) is 64.5 cm³/mol. The minimum Gasteiger partial charge on any atom is -0.443 e. The van der Waals surface area contributed by atoms with Crippen molar-refractivity contribution < 1.29 is 4.42 Å². The lowest BCUT2D eigenvalue weighted by Gasteiger charge is -2.03. The van der Waals surface area contributed by atoms with E-state index in [9.17, 15) is 0 Å². The van der Waals surface area contributed by atoms with E-state index in [-0.39, 0.29) is 0 Å². The largest absolute Gasteiger partial charge is 0.443 e. The van der Waals surface area contributed by atoms with Crippen LogP contribution in [0.2, 0.25) is 5.02 Å². The van der Waals surface area contributed by atoms with Crippen molar-refractivity contribution in [2.24, 2.45) is 0 Å². The SMILES string of the molecule is Clc1ccccc1-c1cccc2ncoc12. The average molecular weight is 230 g/mol. The summed E-state index contributed by atoms with van der Waals surface area (Å²) in [6.45, 7) is 0. The first-order chi connectivity index (χ1) is 7.86. The average Bonchev–Trinajstić information content (AvgIpc) is 2.77. The molecule has 1 heterocycles. The lowest BCUT2D eigenvalue weighted by Crippen LogP contribution is -1.80. The van der Waals surface area contributed by atoms with Crippen LogP contribution in [0.15, 0.2) is 53.3 Å². The molecule has 0 saturated heterocycles. The lowest BCUT2D eigenvalue weighted by atomic mass is 10.0. The molecule has 2 aromatic carbocycles. The van der Waals surface area contributed by atoms with Gasteiger partial charge in [0.25, 0.3) is 0 Å². The molecule has 1 aromatic heterocycles. The van der Waals surface area contributed by atoms with Gasteiger partial charge < -0.3 is 4.42 Å². The molecule has 0 aliphatic heterocycles. The molecule has 0 N–H and O–H groups in total. The molecule has 78 valence electrons. The molecular weight excluding hydrogens is 222 g/mol. The van der Waals surface area contributed by atoms with Gasteiger partial charge >= 0.3 is 0 Å². The van der Waals surface area contributed by atoms with Gasteiger partial charge in [0, 0.05) is 16.1 Å². The Morgan fingerprint density at radius 3 is 2.62 bits per heavy atom. The van der Waals surface area contributed by atoms with Gasteiger partial charge in [-0.25, -0.2) is 4.98 Å². The molecular formula is C13H8ClNO. The van der Waals surface area contributed by atoms with Crippen LogP contribution in [0.25, 0.3) is 22.2 Å². The third kappa shape index (κ3) is 1.39. The van der Waals surface area contributed by atoms with Crippen molar-refractivity contribution in [2.45, 2.75) is 0 Å². The minimum absolute atomic E-state index is 0.714. The molecule has 0 saturated carbocycles. The summed E-state index contributed by atoms with van der Waals surface area (Å²) in [6.07, 6.45) is 1.45. The van der Waals surface area contributed by atoms with E-state index >= 15 is 0 Å². The zero-order chi connectivity index (χ0) is 11.0. The van der Waals surface area contributed by atoms with Crippen molar-refractivity contribution in [3.8, 4) is 11.1 Å². The van der Waals surface area contributed by atoms with Crippen LogP contribution in [0, 0.1) is 0 Å². The van der Waals surface area contributed by atoms with Gasteiger partial charge in [-0.3, -0.25) is 0 Å². The quantitative estimate of drug-likeness (QED) is 0.627. The number of nitrogens with zero attached hydrogens (tertiary/aromatic N) is 1. The first-order valence-electron chi connectivity index (χ1n) is 4.93. The third-order valence-electron chi connectivity index (χ3n) is 2.52. The van der Waals surface area contributed by atoms with E-state index < -0.39 is 0 Å². The molecule has 2 nitrogen and oxygen atoms in total. The summed E-state index contributed by atoms with van der Waals surface area (Å²) in [5, 5.41) is 0.714. The highest BCUT2D eigenvalue weighted by molar-refractivity contribution is 6.33. The Kier molecular flexibility index (Phi) is 2.15. The number of rotatable bonds is 1. The number of benzene rings is 2. The monoisotopic (exact) mass is 229 g/mol. The number of hydrogen-bond acceptors (Lipinski definition) is 2. The summed E-state index contributed by atoms with van der Waals surface area (Å²) in [5.74, 6) is 0. The topological polar surface area (TPSA) is 26.0 Å². The molecule has 0 aliphatic rings. The standard InChI is InChI=1S/C13H8ClNO/c14-11-6-2-1-4-9(11)10-5-3-7-12-13(10)16-8-15-12/h1-8H. The normalized spacial score (nSPS) is 10.8. The Morgan fingerprint density at radius 2 is 1.75 bits per heavy atom. The van der Waals surface area contributed by atoms with Gasteiger partial charge in [-0.15, -0.1) is 0 Å². The lowest BCUT2D eigenvalue weighted by molar-refractivity contribution is 0.603. The second-order valence-corrected chi connectivity index (χ2v) is 3.89. The molecule has 0 radical (unpaired) electrons. The Balaban J connectivity index is 2.34. The van der Waals surface area contributed by atoms with Gasteiger partial charge in [0.15, 0.2) is 12.0 Å². The molecule has 3 heteroatoms. The third-order valence-corrected chi connectivity index (χ3v) is 2.85. The van der Waals surface area contributed by atoms with E-state index in [1.54, 1.807) is 0 Å². The first-order valence-corrected chi connectivity index (χ1v) is 5.31. The molecule has 3 rings (SSSR count). The van der Waals surface area contributed by atoms with E-state index in [2.05, 4.69) is 4.98 Å². The van der Waals surface area contributed by atoms with Gasteiger partial charge in [0.1, 0.15) is 5.52 Å². The van der Waals surface area contributed by atoms with E-state index in [1.165, 1.54) is 6.39 Å². The number of hydrogen-bond donors (Lipinski definition) is 0. The summed E-state index contributed by atoms with van der Waals surface area (Å²) in [4.78, 5) is 4.12. The Labute approximate surface area is 97.5 Å². The first kappa shape index (κ1) is 9.43. The van der Waals surface area contributed by atoms with Crippen molar-refractivity contribution in [1.29, 1.82) is 0 Å². The highest BCUT2D eigenvalue weighted by Gasteiger charge is 2.09. The predicted octanol–water partition coefficient (Wildman–Crippen LogP) is 4.15. The summed E-state index contributed by atoms with van der Waals surface area (Å²) >= 11 is 6.16. The molecule has 0 amide bonds. The van der Waals surface area contributed by atoms with Crippen LogP contribution < -0.4 is 0 Å². The van der Waals surface area contributed by atoms with Gasteiger partial charge in [0.05, 0.1) is 0 Å². The summed E-state index contributed by atoms with van der Waals surface area (Å²) in [5.41, 5.74) is 3.56. The van der Waals surface area contributed by atoms with Crippen molar-refractivity contribution in [3.63, 3.8) is 0 Å². The fourth-order valence-corrected chi connectivity index (χ4v) is 2.02. The maximum Gasteiger partial charge on any atom is 0.182 e. The van der Waals surface area contributed by atoms with Crippen LogP contribution in [0.3, 0.4) is 0 Å². The van der Waals surface area contributed by atoms with Crippen molar-refractivity contribution in [2.75, 3.05) is 0 Å². The second kappa shape index (κ2) is 3.65. The zero-order valence-electron chi connectivity index (χ0n) is 8.35. The van der Waals surface area contributed by atoms with E-state index in [4.69, 9.17) is 16.0 Å². The molecule has 0 unspecified atom stereocenters. The van der Waals surface area contributed by atoms with Crippen LogP contribution in [-0.4, -0.2) is 4.98 Å². The number of aromatic nitrogens is 1. The van der Waals surface area contributed by atoms with Crippen LogP contribution in [-0.2, 0) is 0 Å². The Hall–Kier alpha value is -1.80. The van der Waals surface area contributed by atoms with Gasteiger partial charge in [-0.1, -0.05) is 41.9 Å². The highest BCUT2D eigenvalue weighted by atomic mass is 35.5. The van der Waals surface area contributed by atoms with E-state index in [1.807, 2.05) is 42.5 Å². The molecule has 0 atom stereocenters. The fourth-order valence-electron chi connectivity index (χ4n) is 1.78. The van der Waals surface area contributed by atoms with Crippen molar-refractivity contribution >= 4 is 22.7 Å². The summed E-state index contributed by atoms with van der Waals surface area (Å²) in [7, 11) is 0. The maximum atomic E-state index is 6.16. The molecule has 0 bridgehead atoms. The zero-order valence-corrected chi connectivity index (χ0v) is 9.11. The Bertz CT molecular complexity index is 645.